The second-order valence-corrected chi connectivity index (χ2v) is 6.75. The van der Waals surface area contributed by atoms with Crippen molar-refractivity contribution in [3.05, 3.63) is 0 Å². The van der Waals surface area contributed by atoms with Gasteiger partial charge in [0.15, 0.2) is 0 Å². The normalized spacial score (nSPS) is 22.0. The second-order valence-electron chi connectivity index (χ2n) is 6.75. The lowest BCUT2D eigenvalue weighted by molar-refractivity contribution is -0.145. The largest absolute Gasteiger partial charge is 0.466 e. The number of imide groups is 2. The van der Waals surface area contributed by atoms with Gasteiger partial charge < -0.3 is 4.74 Å². The van der Waals surface area contributed by atoms with Gasteiger partial charge in [0, 0.05) is 12.5 Å². The Hall–Kier alpha value is -1.92. The summed E-state index contributed by atoms with van der Waals surface area (Å²) in [5, 5.41) is 2.34. The number of carbonyl (C=O) groups is 4. The average Bonchev–Trinajstić information content (AvgIpc) is 2.58. The summed E-state index contributed by atoms with van der Waals surface area (Å²) >= 11 is 0. The number of urea groups is 1. The van der Waals surface area contributed by atoms with E-state index >= 15 is 0 Å². The number of carbonyl (C=O) groups excluding carboxylic acids is 4. The van der Waals surface area contributed by atoms with Gasteiger partial charge >= 0.3 is 12.0 Å². The molecule has 0 aromatic rings. The molecule has 25 heavy (non-hydrogen) atoms. The molecule has 1 atom stereocenters. The molecular weight excluding hydrogens is 324 g/mol. The first-order valence-electron chi connectivity index (χ1n) is 9.38. The van der Waals surface area contributed by atoms with Gasteiger partial charge in [0.1, 0.15) is 5.92 Å². The molecule has 140 valence electrons. The summed E-state index contributed by atoms with van der Waals surface area (Å²) in [7, 11) is 0. The molecule has 7 heteroatoms. The highest BCUT2D eigenvalue weighted by molar-refractivity contribution is 6.16. The maximum Gasteiger partial charge on any atom is 0.331 e. The van der Waals surface area contributed by atoms with Crippen LogP contribution in [0.5, 0.6) is 0 Å². The van der Waals surface area contributed by atoms with Gasteiger partial charge in [-0.2, -0.15) is 0 Å². The number of barbiturate groups is 1. The van der Waals surface area contributed by atoms with Crippen LogP contribution in [0.3, 0.4) is 0 Å². The molecule has 0 bridgehead atoms. The monoisotopic (exact) mass is 352 g/mol. The molecule has 7 nitrogen and oxygen atoms in total. The number of nitrogens with one attached hydrogen (secondary N) is 1. The molecule has 1 unspecified atom stereocenters. The fourth-order valence-corrected chi connectivity index (χ4v) is 3.60. The predicted molar refractivity (Wildman–Crippen MR) is 90.5 cm³/mol. The van der Waals surface area contributed by atoms with Gasteiger partial charge in [-0.15, -0.1) is 0 Å². The number of hydrogen-bond acceptors (Lipinski definition) is 5. The maximum absolute atomic E-state index is 12.7. The summed E-state index contributed by atoms with van der Waals surface area (Å²) in [6, 6.07) is -0.652. The van der Waals surface area contributed by atoms with Crippen LogP contribution in [-0.4, -0.2) is 41.4 Å². The topological polar surface area (TPSA) is 92.8 Å². The number of amides is 4. The number of esters is 1. The Labute approximate surface area is 148 Å². The summed E-state index contributed by atoms with van der Waals surface area (Å²) in [5.41, 5.74) is 0. The van der Waals surface area contributed by atoms with Crippen molar-refractivity contribution in [2.45, 2.75) is 77.2 Å². The maximum atomic E-state index is 12.7. The van der Waals surface area contributed by atoms with Gasteiger partial charge in [-0.1, -0.05) is 32.1 Å². The van der Waals surface area contributed by atoms with Gasteiger partial charge in [0.05, 0.1) is 6.61 Å². The van der Waals surface area contributed by atoms with Crippen LogP contribution in [-0.2, 0) is 19.1 Å². The summed E-state index contributed by atoms with van der Waals surface area (Å²) in [6.07, 6.45) is 7.62. The van der Waals surface area contributed by atoms with Crippen LogP contribution in [0.15, 0.2) is 0 Å². The highest BCUT2D eigenvalue weighted by Crippen LogP contribution is 2.27. The van der Waals surface area contributed by atoms with Crippen LogP contribution in [0.1, 0.15) is 71.1 Å². The van der Waals surface area contributed by atoms with Crippen LogP contribution in [0.25, 0.3) is 0 Å². The number of rotatable bonds is 8. The van der Waals surface area contributed by atoms with E-state index in [1.165, 1.54) is 4.90 Å². The Kier molecular flexibility index (Phi) is 7.40. The number of nitrogens with zero attached hydrogens (tertiary/aromatic N) is 1. The van der Waals surface area contributed by atoms with Crippen molar-refractivity contribution in [1.29, 1.82) is 0 Å². The minimum absolute atomic E-state index is 0.0827. The molecule has 2 aliphatic rings. The Morgan fingerprint density at radius 2 is 1.84 bits per heavy atom. The van der Waals surface area contributed by atoms with Gasteiger partial charge in [-0.3, -0.25) is 24.6 Å². The highest BCUT2D eigenvalue weighted by atomic mass is 16.5. The Bertz CT molecular complexity index is 514. The molecule has 2 fully saturated rings. The SMILES string of the molecule is CCOC(=O)CCCCCC1C(=O)NC(=O)N(C2CCCCC2)C1=O. The molecule has 0 radical (unpaired) electrons. The Morgan fingerprint density at radius 1 is 1.12 bits per heavy atom. The number of unbranched alkanes of at least 4 members (excludes halogenated alkanes) is 2. The number of ether oxygens (including phenoxy) is 1. The predicted octanol–water partition coefficient (Wildman–Crippen LogP) is 2.53. The molecule has 4 amide bonds. The fraction of sp³-hybridized carbons (Fsp3) is 0.778. The first kappa shape index (κ1) is 19.4. The summed E-state index contributed by atoms with van der Waals surface area (Å²) in [5.74, 6) is -1.86. The minimum Gasteiger partial charge on any atom is -0.466 e. The van der Waals surface area contributed by atoms with E-state index in [0.29, 0.717) is 32.3 Å². The van der Waals surface area contributed by atoms with E-state index in [1.54, 1.807) is 6.92 Å². The second kappa shape index (κ2) is 9.53. The van der Waals surface area contributed by atoms with Crippen molar-refractivity contribution in [2.24, 2.45) is 5.92 Å². The van der Waals surface area contributed by atoms with Crippen LogP contribution < -0.4 is 5.32 Å². The molecule has 1 saturated heterocycles. The third-order valence-electron chi connectivity index (χ3n) is 4.92. The van der Waals surface area contributed by atoms with Crippen LogP contribution in [0, 0.1) is 5.92 Å². The zero-order valence-electron chi connectivity index (χ0n) is 14.9. The Morgan fingerprint density at radius 3 is 2.52 bits per heavy atom. The molecule has 0 aromatic carbocycles. The van der Waals surface area contributed by atoms with Gasteiger partial charge in [0.2, 0.25) is 11.8 Å². The third-order valence-corrected chi connectivity index (χ3v) is 4.92. The van der Waals surface area contributed by atoms with Crippen LogP contribution in [0.2, 0.25) is 0 Å². The number of hydrogen-bond donors (Lipinski definition) is 1. The first-order valence-corrected chi connectivity index (χ1v) is 9.38. The third kappa shape index (κ3) is 5.28. The van der Waals surface area contributed by atoms with Crippen molar-refractivity contribution in [3.8, 4) is 0 Å². The lowest BCUT2D eigenvalue weighted by Crippen LogP contribution is -2.61. The molecule has 1 aliphatic heterocycles. The fourth-order valence-electron chi connectivity index (χ4n) is 3.60. The van der Waals surface area contributed by atoms with E-state index in [0.717, 1.165) is 38.5 Å². The molecule has 0 aromatic heterocycles. The lowest BCUT2D eigenvalue weighted by atomic mass is 9.91. The van der Waals surface area contributed by atoms with Gasteiger partial charge in [0.25, 0.3) is 0 Å². The zero-order chi connectivity index (χ0) is 18.2. The van der Waals surface area contributed by atoms with E-state index < -0.39 is 17.9 Å². The van der Waals surface area contributed by atoms with Crippen molar-refractivity contribution >= 4 is 23.8 Å². The Balaban J connectivity index is 1.82. The van der Waals surface area contributed by atoms with Crippen molar-refractivity contribution in [2.75, 3.05) is 6.61 Å². The van der Waals surface area contributed by atoms with E-state index in [9.17, 15) is 19.2 Å². The summed E-state index contributed by atoms with van der Waals surface area (Å²) in [6.45, 7) is 2.14. The molecular formula is C18H28N2O5. The first-order chi connectivity index (χ1) is 12.0. The summed E-state index contributed by atoms with van der Waals surface area (Å²) < 4.78 is 4.86. The van der Waals surface area contributed by atoms with E-state index in [4.69, 9.17) is 4.74 Å². The van der Waals surface area contributed by atoms with E-state index in [2.05, 4.69) is 5.32 Å². The van der Waals surface area contributed by atoms with Gasteiger partial charge in [-0.25, -0.2) is 4.79 Å². The molecule has 1 saturated carbocycles. The van der Waals surface area contributed by atoms with Crippen LogP contribution in [0.4, 0.5) is 4.79 Å². The average molecular weight is 352 g/mol. The van der Waals surface area contributed by atoms with E-state index in [1.807, 2.05) is 0 Å². The molecule has 2 rings (SSSR count). The molecule has 1 aliphatic carbocycles. The van der Waals surface area contributed by atoms with Gasteiger partial charge in [-0.05, 0) is 32.6 Å². The molecule has 1 N–H and O–H groups in total. The quantitative estimate of drug-likeness (QED) is 0.412. The highest BCUT2D eigenvalue weighted by Gasteiger charge is 2.43. The van der Waals surface area contributed by atoms with Crippen molar-refractivity contribution < 1.29 is 23.9 Å². The standard InChI is InChI=1S/C18H28N2O5/c1-2-25-15(21)12-8-4-7-11-14-16(22)19-18(24)20(17(14)23)13-9-5-3-6-10-13/h13-14H,2-12H2,1H3,(H,19,22,24). The molecule has 1 heterocycles. The zero-order valence-corrected chi connectivity index (χ0v) is 14.9. The van der Waals surface area contributed by atoms with Crippen molar-refractivity contribution in [3.63, 3.8) is 0 Å². The van der Waals surface area contributed by atoms with E-state index in [-0.39, 0.29) is 17.9 Å². The summed E-state index contributed by atoms with van der Waals surface area (Å²) in [4.78, 5) is 49.4. The van der Waals surface area contributed by atoms with Crippen LogP contribution >= 0.6 is 0 Å². The van der Waals surface area contributed by atoms with Crippen molar-refractivity contribution in [1.82, 2.24) is 10.2 Å². The molecule has 0 spiro atoms. The lowest BCUT2D eigenvalue weighted by Gasteiger charge is -2.37. The smallest absolute Gasteiger partial charge is 0.331 e. The minimum atomic E-state index is -0.790.